The summed E-state index contributed by atoms with van der Waals surface area (Å²) < 4.78 is 5.76. The Bertz CT molecular complexity index is 710. The largest absolute Gasteiger partial charge is 0.439 e. The number of aromatic nitrogens is 1. The second-order valence-corrected chi connectivity index (χ2v) is 4.32. The SMILES string of the molecule is NCc1ccnc(Oc2ccc3ccccc3c2)c1. The fourth-order valence-corrected chi connectivity index (χ4v) is 1.98. The van der Waals surface area contributed by atoms with Crippen LogP contribution < -0.4 is 10.5 Å². The number of ether oxygens (including phenoxy) is 1. The zero-order valence-corrected chi connectivity index (χ0v) is 10.4. The summed E-state index contributed by atoms with van der Waals surface area (Å²) in [6.07, 6.45) is 1.71. The summed E-state index contributed by atoms with van der Waals surface area (Å²) in [6.45, 7) is 0.483. The molecule has 0 aliphatic rings. The van der Waals surface area contributed by atoms with Gasteiger partial charge in [-0.15, -0.1) is 0 Å². The van der Waals surface area contributed by atoms with Crippen LogP contribution >= 0.6 is 0 Å². The van der Waals surface area contributed by atoms with E-state index in [1.54, 1.807) is 6.20 Å². The lowest BCUT2D eigenvalue weighted by Gasteiger charge is -2.07. The highest BCUT2D eigenvalue weighted by atomic mass is 16.5. The smallest absolute Gasteiger partial charge is 0.219 e. The van der Waals surface area contributed by atoms with Crippen LogP contribution in [0.3, 0.4) is 0 Å². The molecule has 3 rings (SSSR count). The van der Waals surface area contributed by atoms with Crippen molar-refractivity contribution >= 4 is 10.8 Å². The van der Waals surface area contributed by atoms with E-state index in [2.05, 4.69) is 17.1 Å². The van der Waals surface area contributed by atoms with Crippen LogP contribution in [-0.2, 0) is 6.54 Å². The molecule has 0 fully saturated rings. The molecule has 19 heavy (non-hydrogen) atoms. The van der Waals surface area contributed by atoms with Crippen LogP contribution in [-0.4, -0.2) is 4.98 Å². The maximum Gasteiger partial charge on any atom is 0.219 e. The molecule has 94 valence electrons. The van der Waals surface area contributed by atoms with Crippen LogP contribution in [0, 0.1) is 0 Å². The van der Waals surface area contributed by atoms with E-state index >= 15 is 0 Å². The first kappa shape index (κ1) is 11.7. The second-order valence-electron chi connectivity index (χ2n) is 4.32. The molecule has 0 aliphatic heterocycles. The molecule has 3 aromatic rings. The van der Waals surface area contributed by atoms with E-state index in [9.17, 15) is 0 Å². The summed E-state index contributed by atoms with van der Waals surface area (Å²) in [5, 5.41) is 2.34. The number of benzene rings is 2. The minimum atomic E-state index is 0.483. The summed E-state index contributed by atoms with van der Waals surface area (Å²) in [4.78, 5) is 4.18. The number of hydrogen-bond donors (Lipinski definition) is 1. The Morgan fingerprint density at radius 2 is 1.79 bits per heavy atom. The zero-order chi connectivity index (χ0) is 13.1. The fourth-order valence-electron chi connectivity index (χ4n) is 1.98. The Morgan fingerprint density at radius 1 is 0.947 bits per heavy atom. The van der Waals surface area contributed by atoms with Crippen molar-refractivity contribution in [3.8, 4) is 11.6 Å². The topological polar surface area (TPSA) is 48.1 Å². The van der Waals surface area contributed by atoms with Crippen molar-refractivity contribution in [2.24, 2.45) is 5.73 Å². The summed E-state index contributed by atoms with van der Waals surface area (Å²) in [5.74, 6) is 1.35. The highest BCUT2D eigenvalue weighted by Gasteiger charge is 2.01. The van der Waals surface area contributed by atoms with E-state index in [-0.39, 0.29) is 0 Å². The first-order chi connectivity index (χ1) is 9.35. The van der Waals surface area contributed by atoms with Crippen molar-refractivity contribution < 1.29 is 4.74 Å². The normalized spacial score (nSPS) is 10.6. The standard InChI is InChI=1S/C16H14N2O/c17-11-12-7-8-18-16(9-12)19-15-6-5-13-3-1-2-4-14(13)10-15/h1-10H,11,17H2. The second kappa shape index (κ2) is 5.08. The van der Waals surface area contributed by atoms with Crippen LogP contribution in [0.4, 0.5) is 0 Å². The molecule has 0 unspecified atom stereocenters. The van der Waals surface area contributed by atoms with Crippen molar-refractivity contribution in [2.45, 2.75) is 6.54 Å². The van der Waals surface area contributed by atoms with Crippen molar-refractivity contribution in [3.63, 3.8) is 0 Å². The van der Waals surface area contributed by atoms with E-state index < -0.39 is 0 Å². The molecular weight excluding hydrogens is 236 g/mol. The molecular formula is C16H14N2O. The van der Waals surface area contributed by atoms with Gasteiger partial charge >= 0.3 is 0 Å². The van der Waals surface area contributed by atoms with Crippen LogP contribution in [0.5, 0.6) is 11.6 Å². The molecule has 3 nitrogen and oxygen atoms in total. The lowest BCUT2D eigenvalue weighted by molar-refractivity contribution is 0.463. The van der Waals surface area contributed by atoms with Gasteiger partial charge in [-0.25, -0.2) is 4.98 Å². The van der Waals surface area contributed by atoms with Gasteiger partial charge in [-0.3, -0.25) is 0 Å². The predicted octanol–water partition coefficient (Wildman–Crippen LogP) is 3.49. The van der Waals surface area contributed by atoms with E-state index in [4.69, 9.17) is 10.5 Å². The molecule has 1 heterocycles. The molecule has 0 aliphatic carbocycles. The fraction of sp³-hybridized carbons (Fsp3) is 0.0625. The van der Waals surface area contributed by atoms with Gasteiger partial charge in [0.15, 0.2) is 0 Å². The van der Waals surface area contributed by atoms with Gasteiger partial charge in [0.05, 0.1) is 0 Å². The summed E-state index contributed by atoms with van der Waals surface area (Å²) in [7, 11) is 0. The zero-order valence-electron chi connectivity index (χ0n) is 10.4. The van der Waals surface area contributed by atoms with Gasteiger partial charge in [-0.05, 0) is 34.5 Å². The van der Waals surface area contributed by atoms with Crippen molar-refractivity contribution in [2.75, 3.05) is 0 Å². The monoisotopic (exact) mass is 250 g/mol. The number of pyridine rings is 1. The highest BCUT2D eigenvalue weighted by molar-refractivity contribution is 5.83. The van der Waals surface area contributed by atoms with Crippen LogP contribution in [0.25, 0.3) is 10.8 Å². The average Bonchev–Trinajstić information content (AvgIpc) is 2.47. The third-order valence-corrected chi connectivity index (χ3v) is 2.98. The van der Waals surface area contributed by atoms with Gasteiger partial charge in [0.25, 0.3) is 0 Å². The van der Waals surface area contributed by atoms with Gasteiger partial charge in [0.2, 0.25) is 5.88 Å². The Kier molecular flexibility index (Phi) is 3.12. The number of nitrogens with zero attached hydrogens (tertiary/aromatic N) is 1. The molecule has 0 amide bonds. The molecule has 3 heteroatoms. The van der Waals surface area contributed by atoms with Crippen molar-refractivity contribution in [1.82, 2.24) is 4.98 Å². The van der Waals surface area contributed by atoms with Gasteiger partial charge < -0.3 is 10.5 Å². The summed E-state index contributed by atoms with van der Waals surface area (Å²) >= 11 is 0. The molecule has 0 spiro atoms. The molecule has 0 atom stereocenters. The van der Waals surface area contributed by atoms with E-state index in [0.717, 1.165) is 16.7 Å². The quantitative estimate of drug-likeness (QED) is 0.774. The lowest BCUT2D eigenvalue weighted by Crippen LogP contribution is -1.97. The van der Waals surface area contributed by atoms with Gasteiger partial charge in [-0.2, -0.15) is 0 Å². The molecule has 2 N–H and O–H groups in total. The minimum Gasteiger partial charge on any atom is -0.439 e. The predicted molar refractivity (Wildman–Crippen MR) is 76.2 cm³/mol. The Morgan fingerprint density at radius 3 is 2.63 bits per heavy atom. The van der Waals surface area contributed by atoms with E-state index in [1.807, 2.05) is 42.5 Å². The van der Waals surface area contributed by atoms with Crippen LogP contribution in [0.1, 0.15) is 5.56 Å². The summed E-state index contributed by atoms with van der Waals surface area (Å²) in [5.41, 5.74) is 6.61. The number of hydrogen-bond acceptors (Lipinski definition) is 3. The molecule has 2 aromatic carbocycles. The molecule has 0 saturated carbocycles. The van der Waals surface area contributed by atoms with Crippen molar-refractivity contribution in [1.29, 1.82) is 0 Å². The Balaban J connectivity index is 1.92. The maximum absolute atomic E-state index is 5.76. The van der Waals surface area contributed by atoms with Gasteiger partial charge in [-0.1, -0.05) is 30.3 Å². The average molecular weight is 250 g/mol. The van der Waals surface area contributed by atoms with Crippen molar-refractivity contribution in [3.05, 3.63) is 66.4 Å². The number of nitrogens with two attached hydrogens (primary N) is 1. The molecule has 1 aromatic heterocycles. The third-order valence-electron chi connectivity index (χ3n) is 2.98. The first-order valence-corrected chi connectivity index (χ1v) is 6.17. The number of fused-ring (bicyclic) bond motifs is 1. The Hall–Kier alpha value is -2.39. The van der Waals surface area contributed by atoms with Gasteiger partial charge in [0, 0.05) is 18.8 Å². The molecule has 0 bridgehead atoms. The Labute approximate surface area is 111 Å². The number of rotatable bonds is 3. The van der Waals surface area contributed by atoms with E-state index in [1.165, 1.54) is 5.39 Å². The van der Waals surface area contributed by atoms with Crippen LogP contribution in [0.15, 0.2) is 60.8 Å². The van der Waals surface area contributed by atoms with E-state index in [0.29, 0.717) is 12.4 Å². The third kappa shape index (κ3) is 2.56. The molecule has 0 saturated heterocycles. The highest BCUT2D eigenvalue weighted by Crippen LogP contribution is 2.24. The minimum absolute atomic E-state index is 0.483. The first-order valence-electron chi connectivity index (χ1n) is 6.17. The summed E-state index contributed by atoms with van der Waals surface area (Å²) in [6, 6.07) is 17.9. The van der Waals surface area contributed by atoms with Gasteiger partial charge in [0.1, 0.15) is 5.75 Å². The van der Waals surface area contributed by atoms with Crippen LogP contribution in [0.2, 0.25) is 0 Å². The maximum atomic E-state index is 5.76. The lowest BCUT2D eigenvalue weighted by atomic mass is 10.1. The molecule has 0 radical (unpaired) electrons.